The molecule has 39 heavy (non-hydrogen) atoms. The summed E-state index contributed by atoms with van der Waals surface area (Å²) < 4.78 is 11.8. The van der Waals surface area contributed by atoms with Crippen molar-refractivity contribution < 1.29 is 14.3 Å². The lowest BCUT2D eigenvalue weighted by molar-refractivity contribution is 0.0993. The Kier molecular flexibility index (Phi) is 8.35. The van der Waals surface area contributed by atoms with Crippen LogP contribution in [0.4, 0.5) is 0 Å². The van der Waals surface area contributed by atoms with Gasteiger partial charge in [0.25, 0.3) is 0 Å². The molecule has 1 fully saturated rings. The molecule has 4 aromatic carbocycles. The van der Waals surface area contributed by atoms with Crippen LogP contribution < -0.4 is 9.47 Å². The van der Waals surface area contributed by atoms with Gasteiger partial charge in [-0.3, -0.25) is 4.79 Å². The summed E-state index contributed by atoms with van der Waals surface area (Å²) in [4.78, 5) is 15.6. The third-order valence-corrected chi connectivity index (χ3v) is 7.70. The van der Waals surface area contributed by atoms with Crippen LogP contribution in [0, 0.1) is 6.92 Å². The van der Waals surface area contributed by atoms with Crippen LogP contribution in [0.25, 0.3) is 22.3 Å². The van der Waals surface area contributed by atoms with Gasteiger partial charge in [0.15, 0.2) is 5.78 Å². The quantitative estimate of drug-likeness (QED) is 0.213. The van der Waals surface area contributed by atoms with E-state index in [1.54, 1.807) is 7.11 Å². The number of ether oxygens (including phenoxy) is 2. The number of Topliss-reactive ketones (excluding diaryl/α,β-unsaturated/α-hetero) is 1. The SMILES string of the molecule is COc1ccc(C(=O)Cc2ccc(-c3ccc(OC4CCN(C)CC4)cc3)c(Cl)c2)cc1-c1cccc(C)c1. The molecule has 4 aromatic rings. The first-order chi connectivity index (χ1) is 18.9. The number of piperidine rings is 1. The van der Waals surface area contributed by atoms with Crippen molar-refractivity contribution in [3.63, 3.8) is 0 Å². The van der Waals surface area contributed by atoms with Crippen molar-refractivity contribution in [3.8, 4) is 33.8 Å². The van der Waals surface area contributed by atoms with E-state index in [1.807, 2.05) is 72.8 Å². The molecule has 0 N–H and O–H groups in total. The van der Waals surface area contributed by atoms with Gasteiger partial charge in [-0.15, -0.1) is 0 Å². The first-order valence-corrected chi connectivity index (χ1v) is 13.8. The van der Waals surface area contributed by atoms with Gasteiger partial charge >= 0.3 is 0 Å². The zero-order chi connectivity index (χ0) is 27.4. The Balaban J connectivity index is 1.28. The molecule has 0 unspecified atom stereocenters. The van der Waals surface area contributed by atoms with Gasteiger partial charge in [0.05, 0.1) is 7.11 Å². The molecular formula is C34H34ClNO3. The summed E-state index contributed by atoms with van der Waals surface area (Å²) in [5, 5.41) is 0.625. The number of hydrogen-bond donors (Lipinski definition) is 0. The molecule has 1 saturated heterocycles. The molecule has 0 radical (unpaired) electrons. The minimum absolute atomic E-state index is 0.0331. The number of halogens is 1. The van der Waals surface area contributed by atoms with Gasteiger partial charge in [-0.25, -0.2) is 0 Å². The summed E-state index contributed by atoms with van der Waals surface area (Å²) in [6.07, 6.45) is 2.64. The molecule has 0 bridgehead atoms. The minimum atomic E-state index is 0.0331. The maximum atomic E-state index is 13.2. The van der Waals surface area contributed by atoms with E-state index >= 15 is 0 Å². The van der Waals surface area contributed by atoms with Crippen molar-refractivity contribution >= 4 is 17.4 Å². The molecular weight excluding hydrogens is 506 g/mol. The highest BCUT2D eigenvalue weighted by atomic mass is 35.5. The van der Waals surface area contributed by atoms with Crippen molar-refractivity contribution in [3.05, 3.63) is 107 Å². The monoisotopic (exact) mass is 539 g/mol. The van der Waals surface area contributed by atoms with Gasteiger partial charge < -0.3 is 14.4 Å². The number of aryl methyl sites for hydroxylation is 1. The Morgan fingerprint density at radius 1 is 0.897 bits per heavy atom. The van der Waals surface area contributed by atoms with Crippen LogP contribution in [0.5, 0.6) is 11.5 Å². The molecule has 1 aliphatic heterocycles. The number of ketones is 1. The number of likely N-dealkylation sites (tertiary alicyclic amines) is 1. The average molecular weight is 540 g/mol. The average Bonchev–Trinajstić information content (AvgIpc) is 2.94. The van der Waals surface area contributed by atoms with Crippen LogP contribution in [0.15, 0.2) is 84.9 Å². The van der Waals surface area contributed by atoms with E-state index in [2.05, 4.69) is 31.0 Å². The summed E-state index contributed by atoms with van der Waals surface area (Å²) in [6.45, 7) is 4.19. The van der Waals surface area contributed by atoms with E-state index in [1.165, 1.54) is 0 Å². The third-order valence-electron chi connectivity index (χ3n) is 7.38. The van der Waals surface area contributed by atoms with Gasteiger partial charge in [0.1, 0.15) is 17.6 Å². The molecule has 0 saturated carbocycles. The summed E-state index contributed by atoms with van der Waals surface area (Å²) >= 11 is 6.70. The van der Waals surface area contributed by atoms with Crippen molar-refractivity contribution in [1.29, 1.82) is 0 Å². The van der Waals surface area contributed by atoms with Crippen LogP contribution in [-0.2, 0) is 6.42 Å². The molecule has 0 atom stereocenters. The third kappa shape index (κ3) is 6.52. The topological polar surface area (TPSA) is 38.8 Å². The van der Waals surface area contributed by atoms with Gasteiger partial charge in [-0.1, -0.05) is 65.7 Å². The largest absolute Gasteiger partial charge is 0.496 e. The van der Waals surface area contributed by atoms with Gasteiger partial charge in [0.2, 0.25) is 0 Å². The second-order valence-electron chi connectivity index (χ2n) is 10.3. The normalized spacial score (nSPS) is 14.3. The number of hydrogen-bond acceptors (Lipinski definition) is 4. The fourth-order valence-electron chi connectivity index (χ4n) is 5.12. The number of carbonyl (C=O) groups is 1. The summed E-state index contributed by atoms with van der Waals surface area (Å²) in [5.41, 5.74) is 6.56. The predicted molar refractivity (Wildman–Crippen MR) is 159 cm³/mol. The van der Waals surface area contributed by atoms with Crippen LogP contribution in [-0.4, -0.2) is 44.0 Å². The molecule has 0 aliphatic carbocycles. The first-order valence-electron chi connectivity index (χ1n) is 13.4. The van der Waals surface area contributed by atoms with Crippen LogP contribution in [0.3, 0.4) is 0 Å². The Morgan fingerprint density at radius 3 is 2.36 bits per heavy atom. The Bertz CT molecular complexity index is 1460. The van der Waals surface area contributed by atoms with Crippen LogP contribution in [0.2, 0.25) is 5.02 Å². The summed E-state index contributed by atoms with van der Waals surface area (Å²) in [7, 11) is 3.80. The highest BCUT2D eigenvalue weighted by Crippen LogP contribution is 2.33. The van der Waals surface area contributed by atoms with Gasteiger partial charge in [-0.05, 0) is 79.9 Å². The maximum Gasteiger partial charge on any atom is 0.167 e. The van der Waals surface area contributed by atoms with E-state index in [-0.39, 0.29) is 18.3 Å². The molecule has 0 amide bonds. The Labute approximate surface area is 236 Å². The van der Waals surface area contributed by atoms with Gasteiger partial charge in [0, 0.05) is 41.2 Å². The van der Waals surface area contributed by atoms with E-state index in [4.69, 9.17) is 21.1 Å². The number of benzene rings is 4. The fraction of sp³-hybridized carbons (Fsp3) is 0.265. The maximum absolute atomic E-state index is 13.2. The smallest absolute Gasteiger partial charge is 0.167 e. The fourth-order valence-corrected chi connectivity index (χ4v) is 5.43. The zero-order valence-corrected chi connectivity index (χ0v) is 23.5. The predicted octanol–water partition coefficient (Wildman–Crippen LogP) is 7.89. The second-order valence-corrected chi connectivity index (χ2v) is 10.8. The Morgan fingerprint density at radius 2 is 1.67 bits per heavy atom. The number of carbonyl (C=O) groups excluding carboxylic acids is 1. The summed E-state index contributed by atoms with van der Waals surface area (Å²) in [6, 6.07) is 27.8. The lowest BCUT2D eigenvalue weighted by Crippen LogP contribution is -2.35. The highest BCUT2D eigenvalue weighted by molar-refractivity contribution is 6.33. The Hall–Kier alpha value is -3.60. The standard InChI is InChI=1S/C34H34ClNO3/c1-23-5-4-6-26(19-23)31-22-27(10-14-34(31)38-3)33(37)21-24-7-13-30(32(35)20-24)25-8-11-28(12-9-25)39-29-15-17-36(2)18-16-29/h4-14,19-20,22,29H,15-18,21H2,1-3H3. The highest BCUT2D eigenvalue weighted by Gasteiger charge is 2.18. The van der Waals surface area contributed by atoms with Crippen LogP contribution >= 0.6 is 11.6 Å². The van der Waals surface area contributed by atoms with E-state index in [9.17, 15) is 4.79 Å². The first kappa shape index (κ1) is 27.0. The molecule has 1 heterocycles. The minimum Gasteiger partial charge on any atom is -0.496 e. The van der Waals surface area contributed by atoms with Crippen molar-refractivity contribution in [2.75, 3.05) is 27.2 Å². The van der Waals surface area contributed by atoms with Crippen molar-refractivity contribution in [1.82, 2.24) is 4.90 Å². The van der Waals surface area contributed by atoms with E-state index in [0.29, 0.717) is 10.6 Å². The second kappa shape index (κ2) is 12.1. The van der Waals surface area contributed by atoms with Crippen molar-refractivity contribution in [2.24, 2.45) is 0 Å². The molecule has 1 aliphatic rings. The summed E-state index contributed by atoms with van der Waals surface area (Å²) in [5.74, 6) is 1.66. The zero-order valence-electron chi connectivity index (χ0n) is 22.7. The number of rotatable bonds is 8. The molecule has 4 nitrogen and oxygen atoms in total. The lowest BCUT2D eigenvalue weighted by Gasteiger charge is -2.29. The molecule has 0 aromatic heterocycles. The van der Waals surface area contributed by atoms with E-state index < -0.39 is 0 Å². The lowest BCUT2D eigenvalue weighted by atomic mass is 9.96. The molecule has 0 spiro atoms. The number of nitrogens with zero attached hydrogens (tertiary/aromatic N) is 1. The molecule has 5 rings (SSSR count). The molecule has 200 valence electrons. The van der Waals surface area contributed by atoms with Crippen LogP contribution in [0.1, 0.15) is 34.3 Å². The number of methoxy groups -OCH3 is 1. The van der Waals surface area contributed by atoms with Gasteiger partial charge in [-0.2, -0.15) is 0 Å². The van der Waals surface area contributed by atoms with E-state index in [0.717, 1.165) is 70.8 Å². The molecule has 5 heteroatoms. The van der Waals surface area contributed by atoms with Crippen molar-refractivity contribution in [2.45, 2.75) is 32.3 Å².